The first kappa shape index (κ1) is 46.7. The summed E-state index contributed by atoms with van der Waals surface area (Å²) in [6.45, 7) is 11.1. The van der Waals surface area contributed by atoms with Crippen LogP contribution >= 0.6 is 72.5 Å². The van der Waals surface area contributed by atoms with Gasteiger partial charge in [0.05, 0.1) is 0 Å². The Kier molecular flexibility index (Phi) is 26.4. The summed E-state index contributed by atoms with van der Waals surface area (Å²) in [5.74, 6) is 2.86. The maximum atomic E-state index is 12.3. The van der Waals surface area contributed by atoms with Gasteiger partial charge in [0.15, 0.2) is 10.9 Å². The van der Waals surface area contributed by atoms with Gasteiger partial charge in [-0.05, 0) is 35.4 Å². The van der Waals surface area contributed by atoms with E-state index >= 15 is 0 Å². The zero-order valence-corrected chi connectivity index (χ0v) is 30.4. The van der Waals surface area contributed by atoms with Crippen LogP contribution in [0.5, 0.6) is 17.2 Å². The quantitative estimate of drug-likeness (QED) is 0.0261. The third-order valence-electron chi connectivity index (χ3n) is 5.51. The number of ether oxygens (including phenoxy) is 3. The Bertz CT molecular complexity index is 1240. The zero-order valence-electron chi connectivity index (χ0n) is 25.6. The molecule has 5 unspecified atom stereocenters. The fourth-order valence-electron chi connectivity index (χ4n) is 3.37. The SMILES string of the molecule is C=CCSCC(N)C(=O)Oc1ccc(C=Cc2cc(OC(SCC=C)C(N)C=O)cc(OC(SCC=C)C(N)C=O)c2)cc1.Cl.Cl.Cl. The predicted octanol–water partition coefficient (Wildman–Crippen LogP) is 5.57. The van der Waals surface area contributed by atoms with Gasteiger partial charge in [0.2, 0.25) is 0 Å². The number of esters is 1. The molecule has 0 radical (unpaired) electrons. The predicted molar refractivity (Wildman–Crippen MR) is 207 cm³/mol. The molecule has 6 N–H and O–H groups in total. The molecule has 0 aliphatic heterocycles. The van der Waals surface area contributed by atoms with E-state index in [0.29, 0.717) is 58.4 Å². The smallest absolute Gasteiger partial charge is 0.329 e. The van der Waals surface area contributed by atoms with E-state index in [-0.39, 0.29) is 37.2 Å². The van der Waals surface area contributed by atoms with Crippen molar-refractivity contribution in [1.29, 1.82) is 0 Å². The third kappa shape index (κ3) is 17.5. The van der Waals surface area contributed by atoms with Gasteiger partial charge in [-0.25, -0.2) is 4.79 Å². The molecule has 0 aliphatic carbocycles. The van der Waals surface area contributed by atoms with Crippen LogP contribution < -0.4 is 31.4 Å². The lowest BCUT2D eigenvalue weighted by Crippen LogP contribution is -2.38. The Balaban J connectivity index is 0. The molecule has 0 aromatic heterocycles. The van der Waals surface area contributed by atoms with Crippen molar-refractivity contribution in [3.05, 3.63) is 91.6 Å². The highest BCUT2D eigenvalue weighted by Gasteiger charge is 2.22. The van der Waals surface area contributed by atoms with Crippen molar-refractivity contribution in [3.8, 4) is 17.2 Å². The van der Waals surface area contributed by atoms with Crippen molar-refractivity contribution in [3.63, 3.8) is 0 Å². The normalized spacial score (nSPS) is 13.5. The van der Waals surface area contributed by atoms with Crippen LogP contribution in [-0.2, 0) is 14.4 Å². The number of hydrogen-bond donors (Lipinski definition) is 3. The molecule has 2 rings (SSSR count). The van der Waals surface area contributed by atoms with Crippen molar-refractivity contribution >= 4 is 103 Å². The van der Waals surface area contributed by atoms with E-state index in [1.807, 2.05) is 12.2 Å². The lowest BCUT2D eigenvalue weighted by atomic mass is 10.1. The van der Waals surface area contributed by atoms with Crippen LogP contribution in [0.4, 0.5) is 0 Å². The fraction of sp³-hybridized carbons (Fsp3) is 0.281. The van der Waals surface area contributed by atoms with Crippen molar-refractivity contribution in [2.45, 2.75) is 29.0 Å². The lowest BCUT2D eigenvalue weighted by molar-refractivity contribution is -0.135. The second kappa shape index (κ2) is 26.6. The molecule has 0 amide bonds. The molecule has 0 saturated carbocycles. The van der Waals surface area contributed by atoms with Gasteiger partial charge >= 0.3 is 5.97 Å². The number of hydrogen-bond acceptors (Lipinski definition) is 12. The first-order valence-corrected chi connectivity index (χ1v) is 16.8. The summed E-state index contributed by atoms with van der Waals surface area (Å²) in [4.78, 5) is 35.1. The van der Waals surface area contributed by atoms with Crippen molar-refractivity contribution in [2.75, 3.05) is 23.0 Å². The van der Waals surface area contributed by atoms with Gasteiger partial charge in [0, 0.05) is 29.1 Å². The maximum Gasteiger partial charge on any atom is 0.329 e. The first-order chi connectivity index (χ1) is 21.2. The van der Waals surface area contributed by atoms with Gasteiger partial charge in [-0.1, -0.05) is 42.5 Å². The zero-order chi connectivity index (χ0) is 32.3. The number of aldehydes is 2. The van der Waals surface area contributed by atoms with Crippen LogP contribution in [0.15, 0.2) is 80.4 Å². The number of benzene rings is 2. The second-order valence-electron chi connectivity index (χ2n) is 9.14. The second-order valence-corrected chi connectivity index (χ2v) is 12.5. The summed E-state index contributed by atoms with van der Waals surface area (Å²) in [6.07, 6.45) is 10.1. The standard InChI is InChI=1S/C32H39N3O6S3.3ClH/c1-4-13-42-21-29(35)30(38)39-24-11-9-22(10-12-24)7-8-23-16-25(40-31(27(33)19-36)43-14-5-2)18-26(17-23)41-32(28(34)20-37)44-15-6-3;;;/h4-12,16-20,27-29,31-32H,1-3,13-15,21,33-35H2;3*1H. The monoisotopic (exact) mass is 765 g/mol. The summed E-state index contributed by atoms with van der Waals surface area (Å²) in [5.41, 5.74) is 18.1. The van der Waals surface area contributed by atoms with E-state index in [9.17, 15) is 14.4 Å². The Morgan fingerprint density at radius 1 is 0.702 bits per heavy atom. The van der Waals surface area contributed by atoms with Crippen molar-refractivity contribution in [2.24, 2.45) is 17.2 Å². The molecule has 0 fully saturated rings. The van der Waals surface area contributed by atoms with Crippen LogP contribution in [0.2, 0.25) is 0 Å². The van der Waals surface area contributed by atoms with Gasteiger partial charge in [0.1, 0.15) is 47.9 Å². The largest absolute Gasteiger partial charge is 0.478 e. The minimum absolute atomic E-state index is 0. The number of nitrogens with two attached hydrogens (primary N) is 3. The molecule has 15 heteroatoms. The molecule has 2 aromatic carbocycles. The molecule has 0 aliphatic rings. The molecule has 0 heterocycles. The molecular weight excluding hydrogens is 725 g/mol. The molecule has 9 nitrogen and oxygen atoms in total. The van der Waals surface area contributed by atoms with E-state index in [4.69, 9.17) is 31.4 Å². The minimum atomic E-state index is -0.879. The Hall–Kier alpha value is -2.39. The summed E-state index contributed by atoms with van der Waals surface area (Å²) < 4.78 is 17.6. The Labute approximate surface area is 308 Å². The van der Waals surface area contributed by atoms with Crippen LogP contribution in [0.1, 0.15) is 11.1 Å². The summed E-state index contributed by atoms with van der Waals surface area (Å²) in [5, 5.41) is 0. The topological polar surface area (TPSA) is 157 Å². The minimum Gasteiger partial charge on any atom is -0.478 e. The average Bonchev–Trinajstić information content (AvgIpc) is 3.03. The number of thioether (sulfide) groups is 3. The summed E-state index contributed by atoms with van der Waals surface area (Å²) in [6, 6.07) is 9.66. The van der Waals surface area contributed by atoms with Gasteiger partial charge in [-0.3, -0.25) is 0 Å². The van der Waals surface area contributed by atoms with Gasteiger partial charge in [-0.2, -0.15) is 11.8 Å². The lowest BCUT2D eigenvalue weighted by Gasteiger charge is -2.23. The number of rotatable bonds is 22. The van der Waals surface area contributed by atoms with Gasteiger partial charge < -0.3 is 41.0 Å². The Morgan fingerprint density at radius 2 is 1.17 bits per heavy atom. The van der Waals surface area contributed by atoms with Gasteiger partial charge in [0.25, 0.3) is 0 Å². The van der Waals surface area contributed by atoms with E-state index in [2.05, 4.69) is 19.7 Å². The number of carbonyl (C=O) groups is 3. The maximum absolute atomic E-state index is 12.3. The van der Waals surface area contributed by atoms with Crippen molar-refractivity contribution in [1.82, 2.24) is 0 Å². The molecule has 5 atom stereocenters. The highest BCUT2D eigenvalue weighted by atomic mass is 35.5. The Morgan fingerprint density at radius 3 is 1.62 bits per heavy atom. The van der Waals surface area contributed by atoms with Crippen LogP contribution in [0.3, 0.4) is 0 Å². The molecular formula is C32H42Cl3N3O6S3. The molecule has 0 spiro atoms. The average molecular weight is 767 g/mol. The molecule has 47 heavy (non-hydrogen) atoms. The van der Waals surface area contributed by atoms with Crippen LogP contribution in [0.25, 0.3) is 12.2 Å². The van der Waals surface area contributed by atoms with E-state index in [1.54, 1.807) is 60.7 Å². The van der Waals surface area contributed by atoms with Crippen molar-refractivity contribution < 1.29 is 28.6 Å². The van der Waals surface area contributed by atoms with E-state index in [0.717, 1.165) is 5.56 Å². The third-order valence-corrected chi connectivity index (χ3v) is 8.91. The first-order valence-electron chi connectivity index (χ1n) is 13.5. The van der Waals surface area contributed by atoms with E-state index in [1.165, 1.54) is 35.3 Å². The summed E-state index contributed by atoms with van der Waals surface area (Å²) in [7, 11) is 0. The van der Waals surface area contributed by atoms with Crippen LogP contribution in [-0.4, -0.2) is 70.6 Å². The molecule has 0 saturated heterocycles. The van der Waals surface area contributed by atoms with Gasteiger partial charge in [-0.15, -0.1) is 80.5 Å². The fourth-order valence-corrected chi connectivity index (χ4v) is 5.65. The molecule has 260 valence electrons. The number of halogens is 3. The molecule has 2 aromatic rings. The van der Waals surface area contributed by atoms with E-state index < -0.39 is 35.0 Å². The summed E-state index contributed by atoms with van der Waals surface area (Å²) >= 11 is 4.16. The molecule has 0 bridgehead atoms. The van der Waals surface area contributed by atoms with Crippen LogP contribution in [0, 0.1) is 0 Å². The highest BCUT2D eigenvalue weighted by molar-refractivity contribution is 8.00. The highest BCUT2D eigenvalue weighted by Crippen LogP contribution is 2.30. The number of carbonyl (C=O) groups excluding carboxylic acids is 3.